The first kappa shape index (κ1) is 13.0. The number of hydrogen-bond donors (Lipinski definition) is 2. The number of aromatic nitrogens is 2. The lowest BCUT2D eigenvalue weighted by atomic mass is 10.0. The van der Waals surface area contributed by atoms with Crippen molar-refractivity contribution in [2.75, 3.05) is 37.1 Å². The van der Waals surface area contributed by atoms with Crippen molar-refractivity contribution in [3.05, 3.63) is 11.8 Å². The molecular weight excluding hydrogens is 230 g/mol. The fourth-order valence-electron chi connectivity index (χ4n) is 2.31. The van der Waals surface area contributed by atoms with E-state index in [9.17, 15) is 0 Å². The highest BCUT2D eigenvalue weighted by molar-refractivity contribution is 5.48. The molecule has 1 atom stereocenters. The van der Waals surface area contributed by atoms with Crippen molar-refractivity contribution in [1.82, 2.24) is 9.97 Å². The van der Waals surface area contributed by atoms with Gasteiger partial charge in [-0.05, 0) is 25.7 Å². The van der Waals surface area contributed by atoms with E-state index in [1.165, 1.54) is 6.42 Å². The summed E-state index contributed by atoms with van der Waals surface area (Å²) in [5.41, 5.74) is 3.53. The molecule has 1 fully saturated rings. The van der Waals surface area contributed by atoms with Crippen LogP contribution in [0.25, 0.3) is 0 Å². The summed E-state index contributed by atoms with van der Waals surface area (Å²) < 4.78 is 5.50. The van der Waals surface area contributed by atoms with Crippen molar-refractivity contribution >= 4 is 11.8 Å². The molecule has 0 radical (unpaired) electrons. The van der Waals surface area contributed by atoms with E-state index in [2.05, 4.69) is 20.3 Å². The fourth-order valence-corrected chi connectivity index (χ4v) is 2.31. The van der Waals surface area contributed by atoms with Crippen molar-refractivity contribution in [2.24, 2.45) is 11.8 Å². The maximum absolute atomic E-state index is 5.50. The molecule has 0 spiro atoms. The second kappa shape index (κ2) is 5.97. The Morgan fingerprint density at radius 3 is 3.11 bits per heavy atom. The van der Waals surface area contributed by atoms with Crippen molar-refractivity contribution < 1.29 is 4.74 Å². The van der Waals surface area contributed by atoms with Gasteiger partial charge in [0, 0.05) is 32.0 Å². The summed E-state index contributed by atoms with van der Waals surface area (Å²) in [5, 5.41) is 0. The van der Waals surface area contributed by atoms with E-state index in [1.54, 1.807) is 6.20 Å². The Balaban J connectivity index is 2.04. The predicted molar refractivity (Wildman–Crippen MR) is 71.4 cm³/mol. The SMILES string of the molecule is Cc1cnc(NN)nc1N(C)CC1CCCOC1. The topological polar surface area (TPSA) is 76.3 Å². The molecule has 1 saturated heterocycles. The summed E-state index contributed by atoms with van der Waals surface area (Å²) in [7, 11) is 2.05. The average molecular weight is 251 g/mol. The van der Waals surface area contributed by atoms with Crippen LogP contribution in [0, 0.1) is 12.8 Å². The number of nitrogens with zero attached hydrogens (tertiary/aromatic N) is 3. The third-order valence-electron chi connectivity index (χ3n) is 3.22. The van der Waals surface area contributed by atoms with Gasteiger partial charge in [0.05, 0.1) is 6.61 Å². The molecule has 1 aromatic rings. The van der Waals surface area contributed by atoms with Crippen LogP contribution in [-0.4, -0.2) is 36.8 Å². The number of aryl methyl sites for hydroxylation is 1. The monoisotopic (exact) mass is 251 g/mol. The lowest BCUT2D eigenvalue weighted by Crippen LogP contribution is -2.32. The zero-order valence-corrected chi connectivity index (χ0v) is 11.0. The minimum atomic E-state index is 0.447. The molecule has 0 aliphatic carbocycles. The maximum atomic E-state index is 5.50. The molecule has 6 nitrogen and oxygen atoms in total. The quantitative estimate of drug-likeness (QED) is 0.612. The molecule has 1 aliphatic heterocycles. The predicted octanol–water partition coefficient (Wildman–Crippen LogP) is 0.933. The van der Waals surface area contributed by atoms with E-state index in [0.29, 0.717) is 11.9 Å². The Morgan fingerprint density at radius 1 is 1.61 bits per heavy atom. The van der Waals surface area contributed by atoms with E-state index in [1.807, 2.05) is 14.0 Å². The van der Waals surface area contributed by atoms with E-state index < -0.39 is 0 Å². The summed E-state index contributed by atoms with van der Waals surface area (Å²) in [6.07, 6.45) is 4.15. The van der Waals surface area contributed by atoms with Crippen molar-refractivity contribution in [3.8, 4) is 0 Å². The molecule has 6 heteroatoms. The van der Waals surface area contributed by atoms with Gasteiger partial charge in [-0.2, -0.15) is 4.98 Å². The summed E-state index contributed by atoms with van der Waals surface area (Å²) in [5.74, 6) is 7.28. The highest BCUT2D eigenvalue weighted by Gasteiger charge is 2.18. The van der Waals surface area contributed by atoms with Crippen LogP contribution in [-0.2, 0) is 4.74 Å². The normalized spacial score (nSPS) is 19.6. The highest BCUT2D eigenvalue weighted by atomic mass is 16.5. The first-order chi connectivity index (χ1) is 8.70. The standard InChI is InChI=1S/C12H21N5O/c1-9-6-14-12(16-13)15-11(9)17(2)7-10-4-3-5-18-8-10/h6,10H,3-5,7-8,13H2,1-2H3,(H,14,15,16). The number of rotatable bonds is 4. The van der Waals surface area contributed by atoms with Crippen LogP contribution in [0.3, 0.4) is 0 Å². The molecule has 100 valence electrons. The first-order valence-electron chi connectivity index (χ1n) is 6.30. The van der Waals surface area contributed by atoms with Crippen LogP contribution in [0.15, 0.2) is 6.20 Å². The average Bonchev–Trinajstić information content (AvgIpc) is 2.40. The van der Waals surface area contributed by atoms with Crippen molar-refractivity contribution in [3.63, 3.8) is 0 Å². The summed E-state index contributed by atoms with van der Waals surface area (Å²) in [4.78, 5) is 10.6. The van der Waals surface area contributed by atoms with Crippen LogP contribution >= 0.6 is 0 Å². The Morgan fingerprint density at radius 2 is 2.44 bits per heavy atom. The second-order valence-corrected chi connectivity index (χ2v) is 4.81. The van der Waals surface area contributed by atoms with Gasteiger partial charge < -0.3 is 9.64 Å². The van der Waals surface area contributed by atoms with Crippen LogP contribution in [0.4, 0.5) is 11.8 Å². The van der Waals surface area contributed by atoms with Gasteiger partial charge >= 0.3 is 0 Å². The van der Waals surface area contributed by atoms with Crippen molar-refractivity contribution in [2.45, 2.75) is 19.8 Å². The van der Waals surface area contributed by atoms with Gasteiger partial charge in [-0.1, -0.05) is 0 Å². The highest BCUT2D eigenvalue weighted by Crippen LogP contribution is 2.20. The number of anilines is 2. The lowest BCUT2D eigenvalue weighted by Gasteiger charge is -2.28. The smallest absolute Gasteiger partial charge is 0.239 e. The summed E-state index contributed by atoms with van der Waals surface area (Å²) in [6.45, 7) is 4.69. The van der Waals surface area contributed by atoms with Gasteiger partial charge in [-0.25, -0.2) is 10.8 Å². The zero-order valence-electron chi connectivity index (χ0n) is 11.0. The number of nitrogens with one attached hydrogen (secondary N) is 1. The Bertz CT molecular complexity index is 392. The molecular formula is C12H21N5O. The van der Waals surface area contributed by atoms with Crippen LogP contribution < -0.4 is 16.2 Å². The van der Waals surface area contributed by atoms with E-state index in [0.717, 1.165) is 37.6 Å². The van der Waals surface area contributed by atoms with Crippen LogP contribution in [0.2, 0.25) is 0 Å². The van der Waals surface area contributed by atoms with Crippen LogP contribution in [0.5, 0.6) is 0 Å². The van der Waals surface area contributed by atoms with Crippen molar-refractivity contribution in [1.29, 1.82) is 0 Å². The first-order valence-corrected chi connectivity index (χ1v) is 6.30. The summed E-state index contributed by atoms with van der Waals surface area (Å²) in [6, 6.07) is 0. The third-order valence-corrected chi connectivity index (χ3v) is 3.22. The third kappa shape index (κ3) is 3.08. The van der Waals surface area contributed by atoms with Crippen LogP contribution in [0.1, 0.15) is 18.4 Å². The van der Waals surface area contributed by atoms with Gasteiger partial charge in [-0.3, -0.25) is 5.43 Å². The molecule has 2 heterocycles. The molecule has 2 rings (SSSR count). The van der Waals surface area contributed by atoms with Gasteiger partial charge in [0.15, 0.2) is 0 Å². The van der Waals surface area contributed by atoms with Gasteiger partial charge in [-0.15, -0.1) is 0 Å². The Hall–Kier alpha value is -1.40. The minimum Gasteiger partial charge on any atom is -0.381 e. The van der Waals surface area contributed by atoms with E-state index in [-0.39, 0.29) is 0 Å². The fraction of sp³-hybridized carbons (Fsp3) is 0.667. The van der Waals surface area contributed by atoms with Gasteiger partial charge in [0.1, 0.15) is 5.82 Å². The number of hydrazine groups is 1. The molecule has 0 bridgehead atoms. The Labute approximate surface area is 108 Å². The zero-order chi connectivity index (χ0) is 13.0. The number of hydrogen-bond acceptors (Lipinski definition) is 6. The number of nitrogen functional groups attached to an aromatic ring is 1. The molecule has 0 saturated carbocycles. The van der Waals surface area contributed by atoms with Gasteiger partial charge in [0.2, 0.25) is 5.95 Å². The van der Waals surface area contributed by atoms with E-state index in [4.69, 9.17) is 10.6 Å². The molecule has 1 aliphatic rings. The second-order valence-electron chi connectivity index (χ2n) is 4.81. The van der Waals surface area contributed by atoms with Gasteiger partial charge in [0.25, 0.3) is 0 Å². The number of nitrogens with two attached hydrogens (primary N) is 1. The molecule has 3 N–H and O–H groups in total. The molecule has 0 aromatic carbocycles. The number of ether oxygens (including phenoxy) is 1. The molecule has 1 aromatic heterocycles. The summed E-state index contributed by atoms with van der Waals surface area (Å²) >= 11 is 0. The largest absolute Gasteiger partial charge is 0.381 e. The molecule has 18 heavy (non-hydrogen) atoms. The molecule has 0 amide bonds. The minimum absolute atomic E-state index is 0.447. The lowest BCUT2D eigenvalue weighted by molar-refractivity contribution is 0.0576. The Kier molecular flexibility index (Phi) is 4.33. The van der Waals surface area contributed by atoms with E-state index >= 15 is 0 Å². The maximum Gasteiger partial charge on any atom is 0.239 e. The molecule has 1 unspecified atom stereocenters.